The second kappa shape index (κ2) is 5.15. The molecule has 1 aromatic rings. The average molecular weight is 243 g/mol. The second-order valence-corrected chi connectivity index (χ2v) is 5.34. The lowest BCUT2D eigenvalue weighted by Gasteiger charge is -2.26. The first kappa shape index (κ1) is 11.8. The predicted octanol–water partition coefficient (Wildman–Crippen LogP) is 3.51. The summed E-state index contributed by atoms with van der Waals surface area (Å²) in [4.78, 5) is 0. The third kappa shape index (κ3) is 2.30. The Hall–Kier alpha value is -1.28. The Kier molecular flexibility index (Phi) is 3.37. The lowest BCUT2D eigenvalue weighted by atomic mass is 9.87. The molecule has 0 fully saturated rings. The number of allylic oxidation sites excluding steroid dienone is 1. The van der Waals surface area contributed by atoms with Gasteiger partial charge in [-0.3, -0.25) is 0 Å². The van der Waals surface area contributed by atoms with Crippen LogP contribution in [0.5, 0.6) is 5.75 Å². The molecule has 0 heterocycles. The highest BCUT2D eigenvalue weighted by Gasteiger charge is 2.21. The van der Waals surface area contributed by atoms with Gasteiger partial charge in [0, 0.05) is 6.04 Å². The van der Waals surface area contributed by atoms with Gasteiger partial charge in [-0.25, -0.2) is 0 Å². The first-order valence-corrected chi connectivity index (χ1v) is 7.05. The third-order valence-electron chi connectivity index (χ3n) is 4.00. The van der Waals surface area contributed by atoms with Crippen LogP contribution >= 0.6 is 0 Å². The molecule has 3 rings (SSSR count). The smallest absolute Gasteiger partial charge is 0.123 e. The molecule has 0 amide bonds. The lowest BCUT2D eigenvalue weighted by molar-refractivity contribution is 0.226. The first-order valence-electron chi connectivity index (χ1n) is 7.05. The van der Waals surface area contributed by atoms with E-state index in [4.69, 9.17) is 10.5 Å². The van der Waals surface area contributed by atoms with Crippen LogP contribution in [0.1, 0.15) is 49.3 Å². The molecule has 0 radical (unpaired) electrons. The Morgan fingerprint density at radius 2 is 2.11 bits per heavy atom. The van der Waals surface area contributed by atoms with Crippen LogP contribution < -0.4 is 10.5 Å². The van der Waals surface area contributed by atoms with Crippen molar-refractivity contribution in [1.29, 1.82) is 0 Å². The molecule has 0 saturated carbocycles. The minimum atomic E-state index is 0.194. The largest absolute Gasteiger partial charge is 0.486 e. The number of benzene rings is 1. The van der Waals surface area contributed by atoms with E-state index in [2.05, 4.69) is 30.4 Å². The molecule has 96 valence electrons. The summed E-state index contributed by atoms with van der Waals surface area (Å²) in [6.07, 6.45) is 11.6. The summed E-state index contributed by atoms with van der Waals surface area (Å²) in [5, 5.41) is 0. The van der Waals surface area contributed by atoms with E-state index in [1.54, 1.807) is 0 Å². The highest BCUT2D eigenvalue weighted by atomic mass is 16.5. The molecule has 2 aliphatic carbocycles. The van der Waals surface area contributed by atoms with E-state index < -0.39 is 0 Å². The van der Waals surface area contributed by atoms with Gasteiger partial charge >= 0.3 is 0 Å². The maximum atomic E-state index is 6.18. The minimum absolute atomic E-state index is 0.194. The summed E-state index contributed by atoms with van der Waals surface area (Å²) in [5.41, 5.74) is 8.81. The SMILES string of the molecule is NC1CCCc2c(OC3C=CCCC3)cccc21. The van der Waals surface area contributed by atoms with Gasteiger partial charge in [-0.1, -0.05) is 18.2 Å². The molecule has 0 spiro atoms. The van der Waals surface area contributed by atoms with Crippen LogP contribution in [-0.2, 0) is 6.42 Å². The zero-order valence-corrected chi connectivity index (χ0v) is 10.8. The van der Waals surface area contributed by atoms with Gasteiger partial charge in [0.1, 0.15) is 11.9 Å². The van der Waals surface area contributed by atoms with Crippen molar-refractivity contribution in [3.63, 3.8) is 0 Å². The highest BCUT2D eigenvalue weighted by Crippen LogP contribution is 2.35. The lowest BCUT2D eigenvalue weighted by Crippen LogP contribution is -2.21. The van der Waals surface area contributed by atoms with E-state index in [1.807, 2.05) is 0 Å². The van der Waals surface area contributed by atoms with Gasteiger partial charge in [0.05, 0.1) is 0 Å². The molecule has 18 heavy (non-hydrogen) atoms. The van der Waals surface area contributed by atoms with Crippen molar-refractivity contribution in [3.8, 4) is 5.75 Å². The summed E-state index contributed by atoms with van der Waals surface area (Å²) in [7, 11) is 0. The molecule has 1 aromatic carbocycles. The molecular formula is C16H21NO. The van der Waals surface area contributed by atoms with E-state index in [-0.39, 0.29) is 12.1 Å². The van der Waals surface area contributed by atoms with E-state index in [1.165, 1.54) is 30.4 Å². The Balaban J connectivity index is 1.85. The number of rotatable bonds is 2. The molecule has 2 unspecified atom stereocenters. The molecule has 2 aliphatic rings. The van der Waals surface area contributed by atoms with Crippen molar-refractivity contribution >= 4 is 0 Å². The number of hydrogen-bond donors (Lipinski definition) is 1. The van der Waals surface area contributed by atoms with Crippen LogP contribution in [-0.4, -0.2) is 6.10 Å². The summed E-state index contributed by atoms with van der Waals surface area (Å²) in [5.74, 6) is 1.05. The fraction of sp³-hybridized carbons (Fsp3) is 0.500. The highest BCUT2D eigenvalue weighted by molar-refractivity contribution is 5.43. The standard InChI is InChI=1S/C16H21NO/c17-15-10-4-9-14-13(15)8-5-11-16(14)18-12-6-2-1-3-7-12/h2,5-6,8,11-12,15H,1,3-4,7,9-10,17H2. The monoisotopic (exact) mass is 243 g/mol. The van der Waals surface area contributed by atoms with Crippen LogP contribution in [0.15, 0.2) is 30.4 Å². The summed E-state index contributed by atoms with van der Waals surface area (Å²) in [6.45, 7) is 0. The van der Waals surface area contributed by atoms with E-state index in [0.717, 1.165) is 25.0 Å². The quantitative estimate of drug-likeness (QED) is 0.807. The Labute approximate surface area is 109 Å². The molecular weight excluding hydrogens is 222 g/mol. The zero-order chi connectivity index (χ0) is 12.4. The van der Waals surface area contributed by atoms with Crippen molar-refractivity contribution in [2.24, 2.45) is 5.73 Å². The van der Waals surface area contributed by atoms with Gasteiger partial charge in [-0.05, 0) is 61.8 Å². The van der Waals surface area contributed by atoms with Crippen LogP contribution in [0.25, 0.3) is 0 Å². The first-order chi connectivity index (χ1) is 8.84. The molecule has 2 atom stereocenters. The van der Waals surface area contributed by atoms with Crippen molar-refractivity contribution in [2.75, 3.05) is 0 Å². The van der Waals surface area contributed by atoms with Gasteiger partial charge < -0.3 is 10.5 Å². The maximum absolute atomic E-state index is 6.18. The van der Waals surface area contributed by atoms with Gasteiger partial charge in [-0.15, -0.1) is 0 Å². The van der Waals surface area contributed by atoms with Gasteiger partial charge in [0.15, 0.2) is 0 Å². The summed E-state index contributed by atoms with van der Waals surface area (Å²) >= 11 is 0. The molecule has 0 aromatic heterocycles. The maximum Gasteiger partial charge on any atom is 0.123 e. The van der Waals surface area contributed by atoms with Crippen molar-refractivity contribution in [3.05, 3.63) is 41.5 Å². The predicted molar refractivity (Wildman–Crippen MR) is 73.7 cm³/mol. The minimum Gasteiger partial charge on any atom is -0.486 e. The molecule has 0 aliphatic heterocycles. The number of ether oxygens (including phenoxy) is 1. The fourth-order valence-electron chi connectivity index (χ4n) is 3.00. The Morgan fingerprint density at radius 3 is 2.94 bits per heavy atom. The van der Waals surface area contributed by atoms with Crippen molar-refractivity contribution in [1.82, 2.24) is 0 Å². The van der Waals surface area contributed by atoms with E-state index >= 15 is 0 Å². The van der Waals surface area contributed by atoms with Crippen molar-refractivity contribution in [2.45, 2.75) is 50.7 Å². The average Bonchev–Trinajstić information content (AvgIpc) is 2.41. The number of hydrogen-bond acceptors (Lipinski definition) is 2. The van der Waals surface area contributed by atoms with Gasteiger partial charge in [0.2, 0.25) is 0 Å². The van der Waals surface area contributed by atoms with Crippen LogP contribution in [0.4, 0.5) is 0 Å². The Morgan fingerprint density at radius 1 is 1.17 bits per heavy atom. The normalized spacial score (nSPS) is 26.7. The van der Waals surface area contributed by atoms with Gasteiger partial charge in [-0.2, -0.15) is 0 Å². The van der Waals surface area contributed by atoms with E-state index in [0.29, 0.717) is 0 Å². The van der Waals surface area contributed by atoms with Crippen LogP contribution in [0.2, 0.25) is 0 Å². The Bertz CT molecular complexity index is 452. The molecule has 2 N–H and O–H groups in total. The molecule has 0 bridgehead atoms. The molecule has 0 saturated heterocycles. The topological polar surface area (TPSA) is 35.2 Å². The summed E-state index contributed by atoms with van der Waals surface area (Å²) in [6, 6.07) is 6.52. The number of nitrogens with two attached hydrogens (primary N) is 1. The van der Waals surface area contributed by atoms with E-state index in [9.17, 15) is 0 Å². The number of fused-ring (bicyclic) bond motifs is 1. The van der Waals surface area contributed by atoms with Crippen LogP contribution in [0.3, 0.4) is 0 Å². The zero-order valence-electron chi connectivity index (χ0n) is 10.8. The van der Waals surface area contributed by atoms with Crippen LogP contribution in [0, 0.1) is 0 Å². The van der Waals surface area contributed by atoms with Crippen molar-refractivity contribution < 1.29 is 4.74 Å². The fourth-order valence-corrected chi connectivity index (χ4v) is 3.00. The molecule has 2 nitrogen and oxygen atoms in total. The van der Waals surface area contributed by atoms with Gasteiger partial charge in [0.25, 0.3) is 0 Å². The summed E-state index contributed by atoms with van der Waals surface area (Å²) < 4.78 is 6.16. The third-order valence-corrected chi connectivity index (χ3v) is 4.00. The molecule has 2 heteroatoms. The second-order valence-electron chi connectivity index (χ2n) is 5.34.